The number of rotatable bonds is 7. The molecule has 1 heterocycles. The number of aromatic nitrogens is 1. The standard InChI is InChI=1S/C25H23N3O2S/c1-17-8-10-18(11-9-17)22-16-31-25(27-22)28-24(29)23(19-6-4-3-5-7-19)26-20-12-14-21(30-2)15-13-20/h3-16,23,26H,1-2H3,(H,27,28,29)/t23-/m1/s1. The average molecular weight is 430 g/mol. The first-order chi connectivity index (χ1) is 15.1. The van der Waals surface area contributed by atoms with Gasteiger partial charge in [-0.25, -0.2) is 4.98 Å². The summed E-state index contributed by atoms with van der Waals surface area (Å²) in [5.41, 5.74) is 4.76. The van der Waals surface area contributed by atoms with Crippen LogP contribution in [0, 0.1) is 6.92 Å². The zero-order chi connectivity index (χ0) is 21.6. The van der Waals surface area contributed by atoms with Crippen LogP contribution in [0.25, 0.3) is 11.3 Å². The molecule has 0 saturated heterocycles. The van der Waals surface area contributed by atoms with Gasteiger partial charge in [0.1, 0.15) is 11.8 Å². The fraction of sp³-hybridized carbons (Fsp3) is 0.120. The SMILES string of the molecule is COc1ccc(N[C@@H](C(=O)Nc2nc(-c3ccc(C)cc3)cs2)c2ccccc2)cc1. The molecular formula is C25H23N3O2S. The average Bonchev–Trinajstić information content (AvgIpc) is 3.27. The van der Waals surface area contributed by atoms with Crippen LogP contribution in [-0.2, 0) is 4.79 Å². The summed E-state index contributed by atoms with van der Waals surface area (Å²) in [7, 11) is 1.63. The number of carbonyl (C=O) groups is 1. The van der Waals surface area contributed by atoms with Crippen molar-refractivity contribution in [3.63, 3.8) is 0 Å². The molecule has 31 heavy (non-hydrogen) atoms. The van der Waals surface area contributed by atoms with Gasteiger partial charge in [0.15, 0.2) is 5.13 Å². The lowest BCUT2D eigenvalue weighted by Crippen LogP contribution is -2.27. The molecule has 156 valence electrons. The molecule has 0 fully saturated rings. The highest BCUT2D eigenvalue weighted by Crippen LogP contribution is 2.27. The molecule has 0 bridgehead atoms. The highest BCUT2D eigenvalue weighted by atomic mass is 32.1. The van der Waals surface area contributed by atoms with Gasteiger partial charge in [0.05, 0.1) is 12.8 Å². The molecule has 0 radical (unpaired) electrons. The maximum atomic E-state index is 13.2. The predicted molar refractivity (Wildman–Crippen MR) is 127 cm³/mol. The van der Waals surface area contributed by atoms with Crippen molar-refractivity contribution in [2.45, 2.75) is 13.0 Å². The minimum Gasteiger partial charge on any atom is -0.497 e. The molecular weight excluding hydrogens is 406 g/mol. The number of nitrogens with one attached hydrogen (secondary N) is 2. The Morgan fingerprint density at radius 2 is 1.68 bits per heavy atom. The normalized spacial score (nSPS) is 11.5. The quantitative estimate of drug-likeness (QED) is 0.383. The number of hydrogen-bond donors (Lipinski definition) is 2. The van der Waals surface area contributed by atoms with Crippen LogP contribution >= 0.6 is 11.3 Å². The molecule has 0 saturated carbocycles. The first kappa shape index (κ1) is 20.6. The molecule has 0 unspecified atom stereocenters. The van der Waals surface area contributed by atoms with Gasteiger partial charge in [-0.2, -0.15) is 0 Å². The molecule has 4 rings (SSSR count). The molecule has 3 aromatic carbocycles. The third kappa shape index (κ3) is 5.10. The minimum absolute atomic E-state index is 0.174. The van der Waals surface area contributed by atoms with Crippen LogP contribution in [0.5, 0.6) is 5.75 Å². The van der Waals surface area contributed by atoms with Gasteiger partial charge in [-0.3, -0.25) is 10.1 Å². The Bertz CT molecular complexity index is 1140. The van der Waals surface area contributed by atoms with Gasteiger partial charge < -0.3 is 10.1 Å². The van der Waals surface area contributed by atoms with E-state index in [0.717, 1.165) is 28.3 Å². The van der Waals surface area contributed by atoms with Gasteiger partial charge in [-0.15, -0.1) is 11.3 Å². The molecule has 4 aromatic rings. The zero-order valence-corrected chi connectivity index (χ0v) is 18.1. The lowest BCUT2D eigenvalue weighted by atomic mass is 10.1. The number of thiazole rings is 1. The molecule has 1 amide bonds. The van der Waals surface area contributed by atoms with E-state index in [1.54, 1.807) is 7.11 Å². The van der Waals surface area contributed by atoms with Crippen molar-refractivity contribution in [2.24, 2.45) is 0 Å². The molecule has 5 nitrogen and oxygen atoms in total. The fourth-order valence-corrected chi connectivity index (χ4v) is 3.89. The van der Waals surface area contributed by atoms with E-state index in [1.165, 1.54) is 16.9 Å². The third-order valence-electron chi connectivity index (χ3n) is 4.88. The number of aryl methyl sites for hydroxylation is 1. The highest BCUT2D eigenvalue weighted by molar-refractivity contribution is 7.14. The summed E-state index contributed by atoms with van der Waals surface area (Å²) in [5, 5.41) is 8.81. The number of carbonyl (C=O) groups excluding carboxylic acids is 1. The number of ether oxygens (including phenoxy) is 1. The zero-order valence-electron chi connectivity index (χ0n) is 17.3. The maximum absolute atomic E-state index is 13.2. The third-order valence-corrected chi connectivity index (χ3v) is 5.64. The lowest BCUT2D eigenvalue weighted by molar-refractivity contribution is -0.117. The number of amides is 1. The second-order valence-electron chi connectivity index (χ2n) is 7.11. The van der Waals surface area contributed by atoms with Gasteiger partial charge in [0.2, 0.25) is 0 Å². The number of anilines is 2. The van der Waals surface area contributed by atoms with Crippen LogP contribution < -0.4 is 15.4 Å². The Kier molecular flexibility index (Phi) is 6.29. The van der Waals surface area contributed by atoms with Crippen molar-refractivity contribution in [2.75, 3.05) is 17.7 Å². The first-order valence-electron chi connectivity index (χ1n) is 9.91. The molecule has 0 aliphatic heterocycles. The van der Waals surface area contributed by atoms with Gasteiger partial charge >= 0.3 is 0 Å². The second kappa shape index (κ2) is 9.45. The van der Waals surface area contributed by atoms with E-state index in [4.69, 9.17) is 4.74 Å². The number of nitrogens with zero attached hydrogens (tertiary/aromatic N) is 1. The summed E-state index contributed by atoms with van der Waals surface area (Å²) < 4.78 is 5.22. The Labute approximate surface area is 185 Å². The van der Waals surface area contributed by atoms with E-state index >= 15 is 0 Å². The van der Waals surface area contributed by atoms with Gasteiger partial charge in [0, 0.05) is 16.6 Å². The Hall–Kier alpha value is -3.64. The van der Waals surface area contributed by atoms with Gasteiger partial charge in [0.25, 0.3) is 5.91 Å². The van der Waals surface area contributed by atoms with Crippen molar-refractivity contribution in [3.05, 3.63) is 95.4 Å². The van der Waals surface area contributed by atoms with Crippen LogP contribution in [0.1, 0.15) is 17.2 Å². The largest absolute Gasteiger partial charge is 0.497 e. The monoisotopic (exact) mass is 429 g/mol. The molecule has 0 aliphatic carbocycles. The summed E-state index contributed by atoms with van der Waals surface area (Å²) in [6.45, 7) is 2.05. The summed E-state index contributed by atoms with van der Waals surface area (Å²) in [4.78, 5) is 17.8. The van der Waals surface area contributed by atoms with Crippen molar-refractivity contribution < 1.29 is 9.53 Å². The van der Waals surface area contributed by atoms with Crippen molar-refractivity contribution in [1.82, 2.24) is 4.98 Å². The molecule has 0 spiro atoms. The molecule has 6 heteroatoms. The van der Waals surface area contributed by atoms with Gasteiger partial charge in [-0.1, -0.05) is 60.2 Å². The Morgan fingerprint density at radius 1 is 0.968 bits per heavy atom. The van der Waals surface area contributed by atoms with E-state index in [2.05, 4.69) is 34.7 Å². The lowest BCUT2D eigenvalue weighted by Gasteiger charge is -2.19. The number of methoxy groups -OCH3 is 1. The van der Waals surface area contributed by atoms with Gasteiger partial charge in [-0.05, 0) is 36.8 Å². The summed E-state index contributed by atoms with van der Waals surface area (Å²) in [6.07, 6.45) is 0. The van der Waals surface area contributed by atoms with E-state index < -0.39 is 6.04 Å². The molecule has 2 N–H and O–H groups in total. The number of benzene rings is 3. The van der Waals surface area contributed by atoms with Crippen LogP contribution in [0.4, 0.5) is 10.8 Å². The Balaban J connectivity index is 1.54. The van der Waals surface area contributed by atoms with E-state index in [1.807, 2.05) is 72.1 Å². The van der Waals surface area contributed by atoms with E-state index in [-0.39, 0.29) is 5.91 Å². The van der Waals surface area contributed by atoms with Crippen LogP contribution in [0.15, 0.2) is 84.2 Å². The first-order valence-corrected chi connectivity index (χ1v) is 10.8. The molecule has 1 atom stereocenters. The van der Waals surface area contributed by atoms with Crippen molar-refractivity contribution in [1.29, 1.82) is 0 Å². The molecule has 0 aliphatic rings. The summed E-state index contributed by atoms with van der Waals surface area (Å²) in [6, 6.07) is 24.7. The summed E-state index contributed by atoms with van der Waals surface area (Å²) >= 11 is 1.41. The predicted octanol–water partition coefficient (Wildman–Crippen LogP) is 5.92. The van der Waals surface area contributed by atoms with E-state index in [0.29, 0.717) is 5.13 Å². The molecule has 1 aromatic heterocycles. The second-order valence-corrected chi connectivity index (χ2v) is 7.97. The summed E-state index contributed by atoms with van der Waals surface area (Å²) in [5.74, 6) is 0.588. The Morgan fingerprint density at radius 3 is 2.35 bits per heavy atom. The fourth-order valence-electron chi connectivity index (χ4n) is 3.17. The number of hydrogen-bond acceptors (Lipinski definition) is 5. The van der Waals surface area contributed by atoms with E-state index in [9.17, 15) is 4.79 Å². The van der Waals surface area contributed by atoms with Crippen molar-refractivity contribution in [3.8, 4) is 17.0 Å². The smallest absolute Gasteiger partial charge is 0.253 e. The van der Waals surface area contributed by atoms with Crippen molar-refractivity contribution >= 4 is 28.1 Å². The van der Waals surface area contributed by atoms with Crippen LogP contribution in [-0.4, -0.2) is 18.0 Å². The van der Waals surface area contributed by atoms with Crippen LogP contribution in [0.3, 0.4) is 0 Å². The topological polar surface area (TPSA) is 63.2 Å². The highest BCUT2D eigenvalue weighted by Gasteiger charge is 2.22. The van der Waals surface area contributed by atoms with Crippen LogP contribution in [0.2, 0.25) is 0 Å². The maximum Gasteiger partial charge on any atom is 0.253 e. The minimum atomic E-state index is -0.568.